The number of hydrogen-bond acceptors (Lipinski definition) is 8. The highest BCUT2D eigenvalue weighted by Gasteiger charge is 2.21. The molecule has 0 unspecified atom stereocenters. The first-order valence-corrected chi connectivity index (χ1v) is 9.67. The number of imidazole rings is 1. The van der Waals surface area contributed by atoms with Gasteiger partial charge in [-0.1, -0.05) is 0 Å². The van der Waals surface area contributed by atoms with Crippen LogP contribution in [0, 0.1) is 0 Å². The van der Waals surface area contributed by atoms with E-state index in [2.05, 4.69) is 31.8 Å². The van der Waals surface area contributed by atoms with Gasteiger partial charge in [0.1, 0.15) is 6.35 Å². The number of hydrogen-bond donors (Lipinski definition) is 3. The Bertz CT molecular complexity index is 784. The highest BCUT2D eigenvalue weighted by Crippen LogP contribution is 2.33. The Morgan fingerprint density at radius 2 is 2.00 bits per heavy atom. The van der Waals surface area contributed by atoms with Crippen molar-refractivity contribution in [3.05, 3.63) is 6.33 Å². The predicted octanol–water partition coefficient (Wildman–Crippen LogP) is -0.688. The van der Waals surface area contributed by atoms with Crippen LogP contribution in [0.5, 0.6) is 0 Å². The van der Waals surface area contributed by atoms with Crippen LogP contribution in [0.25, 0.3) is 11.2 Å². The number of nitrogen functional groups attached to an aromatic ring is 1. The maximum atomic E-state index is 10.8. The van der Waals surface area contributed by atoms with Gasteiger partial charge in [0.25, 0.3) is 0 Å². The largest absolute Gasteiger partial charge is 0.368 e. The molecule has 138 valence electrons. The number of nitrogens with zero attached hydrogens (tertiary/aromatic N) is 6. The molecule has 0 spiro atoms. The molecule has 0 aromatic carbocycles. The number of likely N-dealkylation sites (N-methyl/N-ethyl adjacent to an activating group) is 1. The zero-order valence-corrected chi connectivity index (χ0v) is 14.8. The second-order valence-electron chi connectivity index (χ2n) is 6.01. The summed E-state index contributed by atoms with van der Waals surface area (Å²) in [6.07, 6.45) is 1.00. The Balaban J connectivity index is 1.77. The van der Waals surface area contributed by atoms with Crippen molar-refractivity contribution in [2.24, 2.45) is 0 Å². The smallest absolute Gasteiger partial charge is 0.350 e. The molecule has 0 atom stereocenters. The summed E-state index contributed by atoms with van der Waals surface area (Å²) < 4.78 is 17.5. The zero-order valence-electron chi connectivity index (χ0n) is 13.9. The summed E-state index contributed by atoms with van der Waals surface area (Å²) in [5.74, 6) is 0.879. The van der Waals surface area contributed by atoms with Crippen LogP contribution >= 0.6 is 7.60 Å². The van der Waals surface area contributed by atoms with Crippen LogP contribution in [0.3, 0.4) is 0 Å². The van der Waals surface area contributed by atoms with Gasteiger partial charge in [0.15, 0.2) is 17.0 Å². The molecular weight excluding hydrogens is 349 g/mol. The Labute approximate surface area is 144 Å². The standard InChI is InChI=1S/C13H22N7O4P/c1-18-2-4-19(5-3-18)11-10-12(17-13(14)16-11)20(8-15-10)6-7-24-9-25(21,22)23/h8H,2-7,9H2,1H3,(H2,14,16,17)(H2,21,22,23). The second-order valence-corrected chi connectivity index (χ2v) is 7.60. The van der Waals surface area contributed by atoms with E-state index in [0.717, 1.165) is 26.2 Å². The maximum Gasteiger partial charge on any atom is 0.350 e. The predicted molar refractivity (Wildman–Crippen MR) is 92.3 cm³/mol. The highest BCUT2D eigenvalue weighted by atomic mass is 31.2. The van der Waals surface area contributed by atoms with E-state index in [-0.39, 0.29) is 12.6 Å². The average molecular weight is 371 g/mol. The van der Waals surface area contributed by atoms with Gasteiger partial charge in [-0.05, 0) is 7.05 Å². The summed E-state index contributed by atoms with van der Waals surface area (Å²) in [6.45, 7) is 4.02. The van der Waals surface area contributed by atoms with Crippen molar-refractivity contribution in [3.63, 3.8) is 0 Å². The molecule has 4 N–H and O–H groups in total. The number of piperazine rings is 1. The third kappa shape index (κ3) is 4.44. The van der Waals surface area contributed by atoms with Crippen molar-refractivity contribution in [2.75, 3.05) is 56.8 Å². The number of ether oxygens (including phenoxy) is 1. The minimum Gasteiger partial charge on any atom is -0.368 e. The van der Waals surface area contributed by atoms with Crippen LogP contribution in [0.2, 0.25) is 0 Å². The van der Waals surface area contributed by atoms with E-state index < -0.39 is 13.9 Å². The van der Waals surface area contributed by atoms with Crippen LogP contribution in [-0.4, -0.2) is 80.4 Å². The monoisotopic (exact) mass is 371 g/mol. The molecular formula is C13H22N7O4P. The number of fused-ring (bicyclic) bond motifs is 1. The number of rotatable bonds is 6. The normalized spacial score (nSPS) is 16.7. The van der Waals surface area contributed by atoms with Gasteiger partial charge >= 0.3 is 7.60 Å². The van der Waals surface area contributed by atoms with E-state index in [1.54, 1.807) is 10.9 Å². The van der Waals surface area contributed by atoms with Crippen molar-refractivity contribution in [2.45, 2.75) is 6.54 Å². The van der Waals surface area contributed by atoms with E-state index in [1.807, 2.05) is 0 Å². The summed E-state index contributed by atoms with van der Waals surface area (Å²) in [4.78, 5) is 35.0. The highest BCUT2D eigenvalue weighted by molar-refractivity contribution is 7.51. The molecule has 1 aliphatic rings. The Hall–Kier alpha value is -1.78. The van der Waals surface area contributed by atoms with Crippen LogP contribution < -0.4 is 10.6 Å². The van der Waals surface area contributed by atoms with E-state index in [9.17, 15) is 4.57 Å². The molecule has 1 aliphatic heterocycles. The van der Waals surface area contributed by atoms with E-state index >= 15 is 0 Å². The summed E-state index contributed by atoms with van der Waals surface area (Å²) in [7, 11) is -2.09. The summed E-state index contributed by atoms with van der Waals surface area (Å²) in [5, 5.41) is 0. The second kappa shape index (κ2) is 7.22. The Morgan fingerprint density at radius 3 is 2.68 bits per heavy atom. The van der Waals surface area contributed by atoms with Crippen molar-refractivity contribution >= 4 is 30.5 Å². The van der Waals surface area contributed by atoms with Gasteiger partial charge in [-0.3, -0.25) is 4.57 Å². The summed E-state index contributed by atoms with van der Waals surface area (Å²) in [6, 6.07) is 0. The molecule has 0 amide bonds. The third-order valence-corrected chi connectivity index (χ3v) is 4.52. The summed E-state index contributed by atoms with van der Waals surface area (Å²) in [5.41, 5.74) is 7.11. The lowest BCUT2D eigenvalue weighted by Crippen LogP contribution is -2.45. The topological polar surface area (TPSA) is 143 Å². The lowest BCUT2D eigenvalue weighted by atomic mass is 10.3. The molecule has 0 aliphatic carbocycles. The first kappa shape index (κ1) is 18.0. The fraction of sp³-hybridized carbons (Fsp3) is 0.615. The summed E-state index contributed by atoms with van der Waals surface area (Å²) >= 11 is 0. The molecule has 0 saturated carbocycles. The minimum absolute atomic E-state index is 0.129. The molecule has 3 heterocycles. The van der Waals surface area contributed by atoms with E-state index in [4.69, 9.17) is 20.3 Å². The lowest BCUT2D eigenvalue weighted by Gasteiger charge is -2.33. The molecule has 3 rings (SSSR count). The quantitative estimate of drug-likeness (QED) is 0.441. The molecule has 11 nitrogen and oxygen atoms in total. The third-order valence-electron chi connectivity index (χ3n) is 4.00. The molecule has 25 heavy (non-hydrogen) atoms. The first-order chi connectivity index (χ1) is 11.8. The van der Waals surface area contributed by atoms with Crippen molar-refractivity contribution in [3.8, 4) is 0 Å². The van der Waals surface area contributed by atoms with Crippen LogP contribution in [0.15, 0.2) is 6.33 Å². The molecule has 2 aromatic heterocycles. The van der Waals surface area contributed by atoms with Gasteiger partial charge in [-0.2, -0.15) is 9.97 Å². The van der Waals surface area contributed by atoms with Gasteiger partial charge in [0.2, 0.25) is 5.95 Å². The fourth-order valence-electron chi connectivity index (χ4n) is 2.69. The van der Waals surface area contributed by atoms with Crippen molar-refractivity contribution in [1.82, 2.24) is 24.4 Å². The molecule has 0 radical (unpaired) electrons. The Morgan fingerprint density at radius 1 is 1.28 bits per heavy atom. The fourth-order valence-corrected chi connectivity index (χ4v) is 3.06. The molecule has 1 fully saturated rings. The zero-order chi connectivity index (χ0) is 18.0. The Kier molecular flexibility index (Phi) is 5.21. The molecule has 12 heteroatoms. The van der Waals surface area contributed by atoms with Gasteiger partial charge in [-0.25, -0.2) is 4.98 Å². The number of anilines is 2. The van der Waals surface area contributed by atoms with Crippen molar-refractivity contribution < 1.29 is 19.1 Å². The number of aromatic nitrogens is 4. The van der Waals surface area contributed by atoms with Crippen molar-refractivity contribution in [1.29, 1.82) is 0 Å². The van der Waals surface area contributed by atoms with Crippen LogP contribution in [-0.2, 0) is 15.8 Å². The van der Waals surface area contributed by atoms with Crippen LogP contribution in [0.4, 0.5) is 11.8 Å². The SMILES string of the molecule is CN1CCN(c2nc(N)nc3c2ncn3CCOCP(=O)(O)O)CC1. The molecule has 0 bridgehead atoms. The minimum atomic E-state index is -4.16. The molecule has 1 saturated heterocycles. The number of nitrogens with two attached hydrogens (primary N) is 1. The van der Waals surface area contributed by atoms with Gasteiger partial charge in [-0.15, -0.1) is 0 Å². The van der Waals surface area contributed by atoms with Crippen LogP contribution in [0.1, 0.15) is 0 Å². The lowest BCUT2D eigenvalue weighted by molar-refractivity contribution is 0.149. The van der Waals surface area contributed by atoms with E-state index in [1.165, 1.54) is 0 Å². The first-order valence-electron chi connectivity index (χ1n) is 7.87. The maximum absolute atomic E-state index is 10.8. The van der Waals surface area contributed by atoms with Gasteiger partial charge in [0.05, 0.1) is 12.9 Å². The van der Waals surface area contributed by atoms with E-state index in [0.29, 0.717) is 23.5 Å². The van der Waals surface area contributed by atoms with Gasteiger partial charge < -0.3 is 34.6 Å². The molecule has 2 aromatic rings. The van der Waals surface area contributed by atoms with Gasteiger partial charge in [0, 0.05) is 32.7 Å². The average Bonchev–Trinajstić information content (AvgIpc) is 2.93.